The van der Waals surface area contributed by atoms with Crippen molar-refractivity contribution in [3.05, 3.63) is 29.8 Å². The topological polar surface area (TPSA) is 61.2 Å². The zero-order valence-corrected chi connectivity index (χ0v) is 12.4. The normalized spacial score (nSPS) is 11.8. The van der Waals surface area contributed by atoms with Crippen LogP contribution in [0.15, 0.2) is 29.2 Å². The molecule has 0 spiro atoms. The molecule has 0 bridgehead atoms. The summed E-state index contributed by atoms with van der Waals surface area (Å²) in [5.41, 5.74) is 0.468. The Labute approximate surface area is 115 Å². The molecule has 0 saturated carbocycles. The summed E-state index contributed by atoms with van der Waals surface area (Å²) in [6, 6.07) is 8.03. The Bertz CT molecular complexity index is 542. The first-order valence-corrected chi connectivity index (χ1v) is 7.92. The van der Waals surface area contributed by atoms with Crippen molar-refractivity contribution in [3.63, 3.8) is 0 Å². The largest absolute Gasteiger partial charge is 0.305 e. The van der Waals surface area contributed by atoms with Gasteiger partial charge >= 0.3 is 0 Å². The fourth-order valence-corrected chi connectivity index (χ4v) is 3.18. The molecular weight excluding hydrogens is 260 g/mol. The zero-order chi connectivity index (χ0) is 14.5. The van der Waals surface area contributed by atoms with E-state index in [2.05, 4.69) is 13.8 Å². The third-order valence-electron chi connectivity index (χ3n) is 2.76. The van der Waals surface area contributed by atoms with Crippen LogP contribution in [-0.4, -0.2) is 39.2 Å². The van der Waals surface area contributed by atoms with Crippen LogP contribution in [0.5, 0.6) is 0 Å². The molecule has 0 heterocycles. The summed E-state index contributed by atoms with van der Waals surface area (Å²) >= 11 is 0. The molecule has 0 radical (unpaired) electrons. The van der Waals surface area contributed by atoms with Crippen LogP contribution in [0.2, 0.25) is 0 Å². The molecule has 0 amide bonds. The van der Waals surface area contributed by atoms with Gasteiger partial charge in [0, 0.05) is 13.1 Å². The SMILES string of the molecule is CC(C)CN(C)CCS(=O)(=O)c1ccc(C#N)cc1. The van der Waals surface area contributed by atoms with Crippen molar-refractivity contribution >= 4 is 9.84 Å². The molecule has 0 aliphatic heterocycles. The minimum Gasteiger partial charge on any atom is -0.305 e. The Morgan fingerprint density at radius 3 is 2.32 bits per heavy atom. The van der Waals surface area contributed by atoms with E-state index < -0.39 is 9.84 Å². The molecular formula is C14H20N2O2S. The Morgan fingerprint density at radius 2 is 1.84 bits per heavy atom. The molecule has 0 unspecified atom stereocenters. The molecule has 1 rings (SSSR count). The maximum Gasteiger partial charge on any atom is 0.179 e. The Balaban J connectivity index is 2.68. The van der Waals surface area contributed by atoms with Crippen molar-refractivity contribution in [1.29, 1.82) is 5.26 Å². The predicted octanol–water partition coefficient (Wildman–Crippen LogP) is 1.92. The van der Waals surface area contributed by atoms with E-state index >= 15 is 0 Å². The number of nitrogens with zero attached hydrogens (tertiary/aromatic N) is 2. The molecule has 5 heteroatoms. The molecule has 0 saturated heterocycles. The molecule has 1 aromatic rings. The molecule has 1 aromatic carbocycles. The molecule has 0 aliphatic rings. The van der Waals surface area contributed by atoms with Crippen LogP contribution in [0.3, 0.4) is 0 Å². The second-order valence-electron chi connectivity index (χ2n) is 5.11. The lowest BCUT2D eigenvalue weighted by Gasteiger charge is -2.18. The number of sulfone groups is 1. The van der Waals surface area contributed by atoms with Crippen molar-refractivity contribution in [2.75, 3.05) is 25.9 Å². The van der Waals surface area contributed by atoms with Crippen molar-refractivity contribution in [2.45, 2.75) is 18.7 Å². The lowest BCUT2D eigenvalue weighted by Crippen LogP contribution is -2.29. The van der Waals surface area contributed by atoms with Gasteiger partial charge in [-0.1, -0.05) is 13.8 Å². The van der Waals surface area contributed by atoms with Gasteiger partial charge in [0.15, 0.2) is 9.84 Å². The fraction of sp³-hybridized carbons (Fsp3) is 0.500. The average molecular weight is 280 g/mol. The molecule has 19 heavy (non-hydrogen) atoms. The van der Waals surface area contributed by atoms with Crippen LogP contribution in [0.1, 0.15) is 19.4 Å². The third kappa shape index (κ3) is 5.01. The highest BCUT2D eigenvalue weighted by Gasteiger charge is 2.15. The second kappa shape index (κ2) is 6.69. The quantitative estimate of drug-likeness (QED) is 0.798. The first kappa shape index (κ1) is 15.7. The fourth-order valence-electron chi connectivity index (χ4n) is 1.85. The molecule has 0 fully saturated rings. The number of hydrogen-bond acceptors (Lipinski definition) is 4. The van der Waals surface area contributed by atoms with E-state index in [1.807, 2.05) is 18.0 Å². The standard InChI is InChI=1S/C14H20N2O2S/c1-12(2)11-16(3)8-9-19(17,18)14-6-4-13(10-15)5-7-14/h4-7,12H,8-9,11H2,1-3H3. The van der Waals surface area contributed by atoms with Crippen LogP contribution in [-0.2, 0) is 9.84 Å². The van der Waals surface area contributed by atoms with Gasteiger partial charge in [-0.3, -0.25) is 0 Å². The highest BCUT2D eigenvalue weighted by atomic mass is 32.2. The van der Waals surface area contributed by atoms with E-state index in [4.69, 9.17) is 5.26 Å². The Kier molecular flexibility index (Phi) is 5.52. The molecule has 4 nitrogen and oxygen atoms in total. The molecule has 0 atom stereocenters. The summed E-state index contributed by atoms with van der Waals surface area (Å²) in [5.74, 6) is 0.616. The van der Waals surface area contributed by atoms with E-state index in [9.17, 15) is 8.42 Å². The van der Waals surface area contributed by atoms with Crippen LogP contribution in [0.4, 0.5) is 0 Å². The third-order valence-corrected chi connectivity index (χ3v) is 4.47. The summed E-state index contributed by atoms with van der Waals surface area (Å²) in [6.45, 7) is 5.60. The minimum absolute atomic E-state index is 0.0993. The van der Waals surface area contributed by atoms with Gasteiger partial charge in [-0.2, -0.15) is 5.26 Å². The van der Waals surface area contributed by atoms with E-state index in [1.165, 1.54) is 24.3 Å². The summed E-state index contributed by atoms with van der Waals surface area (Å²) in [4.78, 5) is 2.30. The van der Waals surface area contributed by atoms with Crippen molar-refractivity contribution in [3.8, 4) is 6.07 Å². The average Bonchev–Trinajstić information content (AvgIpc) is 2.36. The number of rotatable bonds is 6. The van der Waals surface area contributed by atoms with Gasteiger partial charge in [0.2, 0.25) is 0 Å². The molecule has 104 valence electrons. The highest BCUT2D eigenvalue weighted by molar-refractivity contribution is 7.91. The van der Waals surface area contributed by atoms with Crippen LogP contribution in [0, 0.1) is 17.2 Å². The number of nitriles is 1. The van der Waals surface area contributed by atoms with E-state index in [0.717, 1.165) is 6.54 Å². The van der Waals surface area contributed by atoms with Gasteiger partial charge in [-0.25, -0.2) is 8.42 Å². The molecule has 0 N–H and O–H groups in total. The zero-order valence-electron chi connectivity index (χ0n) is 11.6. The lowest BCUT2D eigenvalue weighted by atomic mass is 10.2. The van der Waals surface area contributed by atoms with Crippen LogP contribution >= 0.6 is 0 Å². The van der Waals surface area contributed by atoms with Gasteiger partial charge < -0.3 is 4.90 Å². The van der Waals surface area contributed by atoms with Crippen molar-refractivity contribution in [2.24, 2.45) is 5.92 Å². The number of benzene rings is 1. The van der Waals surface area contributed by atoms with Gasteiger partial charge in [0.1, 0.15) is 0 Å². The van der Waals surface area contributed by atoms with Gasteiger partial charge in [0.05, 0.1) is 22.3 Å². The smallest absolute Gasteiger partial charge is 0.179 e. The summed E-state index contributed by atoms with van der Waals surface area (Å²) in [5, 5.41) is 8.69. The van der Waals surface area contributed by atoms with Gasteiger partial charge in [-0.15, -0.1) is 0 Å². The summed E-state index contributed by atoms with van der Waals surface area (Å²) in [6.07, 6.45) is 0. The van der Waals surface area contributed by atoms with Crippen molar-refractivity contribution in [1.82, 2.24) is 4.90 Å². The summed E-state index contributed by atoms with van der Waals surface area (Å²) < 4.78 is 24.2. The maximum atomic E-state index is 12.1. The van der Waals surface area contributed by atoms with Crippen LogP contribution in [0.25, 0.3) is 0 Å². The van der Waals surface area contributed by atoms with E-state index in [-0.39, 0.29) is 10.6 Å². The van der Waals surface area contributed by atoms with Crippen molar-refractivity contribution < 1.29 is 8.42 Å². The van der Waals surface area contributed by atoms with Crippen LogP contribution < -0.4 is 0 Å². The predicted molar refractivity (Wildman–Crippen MR) is 75.5 cm³/mol. The van der Waals surface area contributed by atoms with Gasteiger partial charge in [-0.05, 0) is 37.2 Å². The minimum atomic E-state index is -3.27. The van der Waals surface area contributed by atoms with E-state index in [1.54, 1.807) is 0 Å². The Morgan fingerprint density at radius 1 is 1.26 bits per heavy atom. The Hall–Kier alpha value is -1.38. The first-order valence-electron chi connectivity index (χ1n) is 6.26. The first-order chi connectivity index (χ1) is 8.85. The monoisotopic (exact) mass is 280 g/mol. The second-order valence-corrected chi connectivity index (χ2v) is 7.22. The lowest BCUT2D eigenvalue weighted by molar-refractivity contribution is 0.311. The maximum absolute atomic E-state index is 12.1. The van der Waals surface area contributed by atoms with E-state index in [0.29, 0.717) is 18.0 Å². The number of hydrogen-bond donors (Lipinski definition) is 0. The van der Waals surface area contributed by atoms with Gasteiger partial charge in [0.25, 0.3) is 0 Å². The summed E-state index contributed by atoms with van der Waals surface area (Å²) in [7, 11) is -1.34. The molecule has 0 aliphatic carbocycles. The molecule has 0 aromatic heterocycles. The highest BCUT2D eigenvalue weighted by Crippen LogP contribution is 2.12.